The molecule has 3 rings (SSSR count). The van der Waals surface area contributed by atoms with Gasteiger partial charge in [0.25, 0.3) is 5.56 Å². The van der Waals surface area contributed by atoms with Crippen LogP contribution < -0.4 is 5.56 Å². The minimum absolute atomic E-state index is 0.0875. The molecule has 0 bridgehead atoms. The van der Waals surface area contributed by atoms with Gasteiger partial charge in [-0.2, -0.15) is 0 Å². The fraction of sp³-hybridized carbons (Fsp3) is 0.143. The molecule has 8 heteroatoms. The molecule has 3 aromatic rings. The number of hydrogen-bond donors (Lipinski definition) is 0. The van der Waals surface area contributed by atoms with Gasteiger partial charge < -0.3 is 4.74 Å². The quantitative estimate of drug-likeness (QED) is 0.541. The maximum absolute atomic E-state index is 11.9. The van der Waals surface area contributed by atoms with Gasteiger partial charge in [-0.3, -0.25) is 14.0 Å². The molecular weight excluding hydrogens is 324 g/mol. The molecule has 0 saturated heterocycles. The Labute approximate surface area is 132 Å². The molecule has 0 amide bonds. The van der Waals surface area contributed by atoms with Crippen LogP contribution in [-0.2, 0) is 11.3 Å². The summed E-state index contributed by atoms with van der Waals surface area (Å²) in [5.74, 6) is -0.632. The van der Waals surface area contributed by atoms with Crippen LogP contribution in [0.3, 0.4) is 0 Å². The van der Waals surface area contributed by atoms with E-state index in [0.29, 0.717) is 20.4 Å². The lowest BCUT2D eigenvalue weighted by Gasteiger charge is -2.02. The Morgan fingerprint density at radius 1 is 1.32 bits per heavy atom. The van der Waals surface area contributed by atoms with E-state index in [4.69, 9.17) is 4.74 Å². The average Bonchev–Trinajstić information content (AvgIpc) is 3.13. The molecule has 0 atom stereocenters. The Kier molecular flexibility index (Phi) is 3.86. The molecule has 0 spiro atoms. The molecule has 3 aromatic heterocycles. The number of esters is 1. The molecule has 0 aromatic carbocycles. The molecule has 112 valence electrons. The molecule has 0 aliphatic heterocycles. The molecule has 22 heavy (non-hydrogen) atoms. The molecule has 0 radical (unpaired) electrons. The number of rotatable bonds is 4. The first-order valence-corrected chi connectivity index (χ1v) is 7.98. The van der Waals surface area contributed by atoms with E-state index >= 15 is 0 Å². The summed E-state index contributed by atoms with van der Waals surface area (Å²) in [5.41, 5.74) is 0.177. The number of carbonyl (C=O) groups excluding carboxylic acids is 2. The van der Waals surface area contributed by atoms with Gasteiger partial charge in [-0.1, -0.05) is 0 Å². The molecule has 0 N–H and O–H groups in total. The van der Waals surface area contributed by atoms with Gasteiger partial charge in [0.05, 0.1) is 10.6 Å². The normalized spacial score (nSPS) is 10.8. The number of aromatic nitrogens is 2. The zero-order chi connectivity index (χ0) is 15.7. The second kappa shape index (κ2) is 5.82. The lowest BCUT2D eigenvalue weighted by Crippen LogP contribution is -2.14. The van der Waals surface area contributed by atoms with Crippen molar-refractivity contribution in [1.82, 2.24) is 9.38 Å². The first-order valence-electron chi connectivity index (χ1n) is 6.28. The van der Waals surface area contributed by atoms with Gasteiger partial charge in [0.1, 0.15) is 11.5 Å². The summed E-state index contributed by atoms with van der Waals surface area (Å²) < 4.78 is 6.57. The van der Waals surface area contributed by atoms with E-state index in [0.717, 1.165) is 11.3 Å². The minimum Gasteiger partial charge on any atom is -0.455 e. The highest BCUT2D eigenvalue weighted by Crippen LogP contribution is 2.18. The highest BCUT2D eigenvalue weighted by molar-refractivity contribution is 7.16. The number of Topliss-reactive ketones (excluding diaryl/α,β-unsaturated/α-hetero) is 1. The Bertz CT molecular complexity index is 922. The van der Waals surface area contributed by atoms with Crippen LogP contribution in [0.2, 0.25) is 0 Å². The Morgan fingerprint density at radius 3 is 2.82 bits per heavy atom. The van der Waals surface area contributed by atoms with Crippen molar-refractivity contribution in [2.75, 3.05) is 0 Å². The van der Waals surface area contributed by atoms with Crippen LogP contribution in [0.1, 0.15) is 32.0 Å². The summed E-state index contributed by atoms with van der Waals surface area (Å²) in [5, 5.41) is 1.76. The number of ether oxygens (including phenoxy) is 1. The molecule has 0 fully saturated rings. The van der Waals surface area contributed by atoms with Crippen LogP contribution in [-0.4, -0.2) is 21.1 Å². The average molecular weight is 334 g/mol. The largest absolute Gasteiger partial charge is 0.455 e. The number of fused-ring (bicyclic) bond motifs is 1. The van der Waals surface area contributed by atoms with E-state index in [2.05, 4.69) is 4.98 Å². The van der Waals surface area contributed by atoms with Crippen molar-refractivity contribution in [3.63, 3.8) is 0 Å². The van der Waals surface area contributed by atoms with Gasteiger partial charge in [0.2, 0.25) is 0 Å². The van der Waals surface area contributed by atoms with E-state index in [9.17, 15) is 14.4 Å². The zero-order valence-corrected chi connectivity index (χ0v) is 13.1. The molecule has 0 unspecified atom stereocenters. The Morgan fingerprint density at radius 2 is 2.09 bits per heavy atom. The third-order valence-electron chi connectivity index (χ3n) is 2.86. The minimum atomic E-state index is -0.536. The van der Waals surface area contributed by atoms with Crippen molar-refractivity contribution >= 4 is 39.4 Å². The van der Waals surface area contributed by atoms with Crippen LogP contribution in [0, 0.1) is 0 Å². The maximum atomic E-state index is 11.9. The molecule has 6 nitrogen and oxygen atoms in total. The summed E-state index contributed by atoms with van der Waals surface area (Å²) >= 11 is 2.41. The topological polar surface area (TPSA) is 77.7 Å². The molecule has 0 aliphatic carbocycles. The lowest BCUT2D eigenvalue weighted by atomic mass is 10.3. The van der Waals surface area contributed by atoms with Crippen molar-refractivity contribution < 1.29 is 14.3 Å². The second-order valence-electron chi connectivity index (χ2n) is 4.44. The smallest absolute Gasteiger partial charge is 0.348 e. The van der Waals surface area contributed by atoms with Crippen LogP contribution in [0.4, 0.5) is 0 Å². The second-order valence-corrected chi connectivity index (χ2v) is 6.39. The maximum Gasteiger partial charge on any atom is 0.348 e. The molecular formula is C14H10N2O4S2. The van der Waals surface area contributed by atoms with E-state index in [1.165, 1.54) is 28.7 Å². The number of nitrogens with zero attached hydrogens (tertiary/aromatic N) is 2. The summed E-state index contributed by atoms with van der Waals surface area (Å²) in [6.07, 6.45) is 1.64. The fourth-order valence-corrected chi connectivity index (χ4v) is 3.34. The van der Waals surface area contributed by atoms with Crippen molar-refractivity contribution in [3.8, 4) is 0 Å². The van der Waals surface area contributed by atoms with Crippen molar-refractivity contribution in [2.45, 2.75) is 13.5 Å². The summed E-state index contributed by atoms with van der Waals surface area (Å²) in [6, 6.07) is 4.48. The first kappa shape index (κ1) is 14.6. The Hall–Kier alpha value is -2.32. The van der Waals surface area contributed by atoms with Crippen molar-refractivity contribution in [1.29, 1.82) is 0 Å². The highest BCUT2D eigenvalue weighted by Gasteiger charge is 2.13. The van der Waals surface area contributed by atoms with Crippen LogP contribution >= 0.6 is 22.7 Å². The summed E-state index contributed by atoms with van der Waals surface area (Å²) in [6.45, 7) is 1.35. The fourth-order valence-electron chi connectivity index (χ4n) is 1.81. The number of thiophene rings is 1. The molecule has 0 aliphatic rings. The third-order valence-corrected chi connectivity index (χ3v) is 4.78. The van der Waals surface area contributed by atoms with Crippen LogP contribution in [0.15, 0.2) is 34.6 Å². The van der Waals surface area contributed by atoms with Gasteiger partial charge in [-0.05, 0) is 19.1 Å². The zero-order valence-electron chi connectivity index (χ0n) is 11.4. The van der Waals surface area contributed by atoms with E-state index in [1.807, 2.05) is 0 Å². The van der Waals surface area contributed by atoms with Crippen molar-refractivity contribution in [3.05, 3.63) is 55.6 Å². The predicted molar refractivity (Wildman–Crippen MR) is 82.8 cm³/mol. The van der Waals surface area contributed by atoms with Crippen molar-refractivity contribution in [2.24, 2.45) is 0 Å². The van der Waals surface area contributed by atoms with Gasteiger partial charge in [-0.25, -0.2) is 9.78 Å². The van der Waals surface area contributed by atoms with E-state index in [-0.39, 0.29) is 17.9 Å². The number of thiazole rings is 1. The summed E-state index contributed by atoms with van der Waals surface area (Å²) in [4.78, 5) is 40.6. The number of ketones is 1. The Balaban J connectivity index is 1.74. The molecule has 0 saturated carbocycles. The third kappa shape index (κ3) is 2.83. The predicted octanol–water partition coefficient (Wildman–Crippen LogP) is 2.38. The molecule has 3 heterocycles. The standard InChI is InChI=1S/C14H10N2O4S2/c1-8(17)10-2-3-11(22-10)13(19)20-7-9-6-12(18)16-4-5-21-14(16)15-9/h2-6H,7H2,1H3. The monoisotopic (exact) mass is 334 g/mol. The van der Waals surface area contributed by atoms with Crippen LogP contribution in [0.5, 0.6) is 0 Å². The highest BCUT2D eigenvalue weighted by atomic mass is 32.1. The van der Waals surface area contributed by atoms with Gasteiger partial charge in [-0.15, -0.1) is 22.7 Å². The van der Waals surface area contributed by atoms with Gasteiger partial charge in [0, 0.05) is 17.6 Å². The first-order chi connectivity index (χ1) is 10.5. The number of carbonyl (C=O) groups is 2. The lowest BCUT2D eigenvalue weighted by molar-refractivity contribution is 0.0473. The van der Waals surface area contributed by atoms with Crippen LogP contribution in [0.25, 0.3) is 4.96 Å². The van der Waals surface area contributed by atoms with Gasteiger partial charge >= 0.3 is 5.97 Å². The van der Waals surface area contributed by atoms with E-state index in [1.54, 1.807) is 23.7 Å². The van der Waals surface area contributed by atoms with E-state index < -0.39 is 5.97 Å². The van der Waals surface area contributed by atoms with Gasteiger partial charge in [0.15, 0.2) is 10.7 Å². The number of hydrogen-bond acceptors (Lipinski definition) is 7. The summed E-state index contributed by atoms with van der Waals surface area (Å²) in [7, 11) is 0. The SMILES string of the molecule is CC(=O)c1ccc(C(=O)OCc2cc(=O)n3ccsc3n2)s1.